The number of anilines is 1. The lowest BCUT2D eigenvalue weighted by molar-refractivity contribution is -0.115. The first-order chi connectivity index (χ1) is 9.60. The number of rotatable bonds is 5. The normalized spacial score (nSPS) is 12.2. The fourth-order valence-corrected chi connectivity index (χ4v) is 1.91. The second-order valence-electron chi connectivity index (χ2n) is 4.77. The quantitative estimate of drug-likeness (QED) is 0.911. The third kappa shape index (κ3) is 3.44. The molecule has 1 amide bonds. The molecule has 1 aromatic heterocycles. The van der Waals surface area contributed by atoms with Crippen LogP contribution in [-0.2, 0) is 11.2 Å². The minimum atomic E-state index is -0.302. The predicted octanol–water partition coefficient (Wildman–Crippen LogP) is 3.17. The molecule has 0 bridgehead atoms. The predicted molar refractivity (Wildman–Crippen MR) is 76.0 cm³/mol. The standard InChI is InChI=1S/C15H18FN3O/c1-3-11(2)19-14(8-9-17-19)18-15(20)10-12-4-6-13(16)7-5-12/h4-9,11H,3,10H2,1-2H3,(H,18,20). The van der Waals surface area contributed by atoms with Crippen LogP contribution in [0.2, 0.25) is 0 Å². The SMILES string of the molecule is CCC(C)n1nccc1NC(=O)Cc1ccc(F)cc1. The van der Waals surface area contributed by atoms with Gasteiger partial charge in [-0.25, -0.2) is 9.07 Å². The molecule has 0 spiro atoms. The Hall–Kier alpha value is -2.17. The molecule has 2 rings (SSSR count). The van der Waals surface area contributed by atoms with Crippen LogP contribution < -0.4 is 5.32 Å². The number of carbonyl (C=O) groups is 1. The summed E-state index contributed by atoms with van der Waals surface area (Å²) in [5.41, 5.74) is 0.776. The van der Waals surface area contributed by atoms with Crippen LogP contribution in [0.4, 0.5) is 10.2 Å². The van der Waals surface area contributed by atoms with E-state index < -0.39 is 0 Å². The average Bonchev–Trinajstić information content (AvgIpc) is 2.88. The first-order valence-electron chi connectivity index (χ1n) is 6.68. The van der Waals surface area contributed by atoms with Gasteiger partial charge in [-0.3, -0.25) is 4.79 Å². The molecule has 1 heterocycles. The Balaban J connectivity index is 2.01. The van der Waals surface area contributed by atoms with Crippen molar-refractivity contribution in [1.29, 1.82) is 0 Å². The van der Waals surface area contributed by atoms with Crippen LogP contribution in [0.3, 0.4) is 0 Å². The summed E-state index contributed by atoms with van der Waals surface area (Å²) in [7, 11) is 0. The van der Waals surface area contributed by atoms with Crippen molar-refractivity contribution in [3.8, 4) is 0 Å². The maximum Gasteiger partial charge on any atom is 0.229 e. The molecule has 1 aromatic carbocycles. The highest BCUT2D eigenvalue weighted by molar-refractivity contribution is 5.91. The van der Waals surface area contributed by atoms with Crippen molar-refractivity contribution in [2.75, 3.05) is 5.32 Å². The molecule has 20 heavy (non-hydrogen) atoms. The first kappa shape index (κ1) is 14.2. The Kier molecular flexibility index (Phi) is 4.50. The minimum absolute atomic E-state index is 0.137. The van der Waals surface area contributed by atoms with Gasteiger partial charge in [0.25, 0.3) is 0 Å². The summed E-state index contributed by atoms with van der Waals surface area (Å²) in [5, 5.41) is 7.05. The van der Waals surface area contributed by atoms with Gasteiger partial charge in [0, 0.05) is 6.07 Å². The summed E-state index contributed by atoms with van der Waals surface area (Å²) in [4.78, 5) is 12.0. The largest absolute Gasteiger partial charge is 0.311 e. The highest BCUT2D eigenvalue weighted by Crippen LogP contribution is 2.16. The number of hydrogen-bond acceptors (Lipinski definition) is 2. The van der Waals surface area contributed by atoms with Gasteiger partial charge in [0.05, 0.1) is 18.7 Å². The van der Waals surface area contributed by atoms with E-state index in [1.54, 1.807) is 29.1 Å². The van der Waals surface area contributed by atoms with Crippen LogP contribution >= 0.6 is 0 Å². The summed E-state index contributed by atoms with van der Waals surface area (Å²) in [5.74, 6) is 0.247. The van der Waals surface area contributed by atoms with Gasteiger partial charge in [-0.2, -0.15) is 5.10 Å². The number of halogens is 1. The van der Waals surface area contributed by atoms with Crippen molar-refractivity contribution in [3.63, 3.8) is 0 Å². The lowest BCUT2D eigenvalue weighted by atomic mass is 10.1. The fraction of sp³-hybridized carbons (Fsp3) is 0.333. The Morgan fingerprint density at radius 3 is 2.70 bits per heavy atom. The van der Waals surface area contributed by atoms with E-state index >= 15 is 0 Å². The van der Waals surface area contributed by atoms with Crippen LogP contribution in [-0.4, -0.2) is 15.7 Å². The first-order valence-corrected chi connectivity index (χ1v) is 6.68. The van der Waals surface area contributed by atoms with Crippen molar-refractivity contribution in [1.82, 2.24) is 9.78 Å². The molecule has 5 heteroatoms. The molecule has 1 N–H and O–H groups in total. The van der Waals surface area contributed by atoms with Gasteiger partial charge in [-0.05, 0) is 31.0 Å². The summed E-state index contributed by atoms with van der Waals surface area (Å²) in [6.07, 6.45) is 2.81. The summed E-state index contributed by atoms with van der Waals surface area (Å²) in [6.45, 7) is 4.11. The molecule has 0 radical (unpaired) electrons. The topological polar surface area (TPSA) is 46.9 Å². The Morgan fingerprint density at radius 1 is 1.35 bits per heavy atom. The highest BCUT2D eigenvalue weighted by Gasteiger charge is 2.11. The molecule has 1 atom stereocenters. The van der Waals surface area contributed by atoms with Gasteiger partial charge in [0.1, 0.15) is 11.6 Å². The lowest BCUT2D eigenvalue weighted by Crippen LogP contribution is -2.19. The molecular weight excluding hydrogens is 257 g/mol. The van der Waals surface area contributed by atoms with E-state index in [9.17, 15) is 9.18 Å². The summed E-state index contributed by atoms with van der Waals surface area (Å²) < 4.78 is 14.6. The Bertz CT molecular complexity index is 577. The third-order valence-electron chi connectivity index (χ3n) is 3.22. The molecule has 106 valence electrons. The van der Waals surface area contributed by atoms with Crippen molar-refractivity contribution in [3.05, 3.63) is 47.9 Å². The molecule has 0 fully saturated rings. The zero-order chi connectivity index (χ0) is 14.5. The zero-order valence-electron chi connectivity index (χ0n) is 11.6. The van der Waals surface area contributed by atoms with E-state index in [2.05, 4.69) is 17.3 Å². The van der Waals surface area contributed by atoms with Crippen LogP contribution in [0.5, 0.6) is 0 Å². The van der Waals surface area contributed by atoms with Crippen LogP contribution in [0.15, 0.2) is 36.5 Å². The van der Waals surface area contributed by atoms with E-state index in [1.807, 2.05) is 6.92 Å². The number of aromatic nitrogens is 2. The number of amides is 1. The molecule has 0 aliphatic rings. The van der Waals surface area contributed by atoms with Gasteiger partial charge in [0.2, 0.25) is 5.91 Å². The van der Waals surface area contributed by atoms with Gasteiger partial charge in [0.15, 0.2) is 0 Å². The number of carbonyl (C=O) groups excluding carboxylic acids is 1. The molecular formula is C15H18FN3O. The molecule has 0 saturated carbocycles. The maximum absolute atomic E-state index is 12.8. The molecule has 1 unspecified atom stereocenters. The average molecular weight is 275 g/mol. The fourth-order valence-electron chi connectivity index (χ4n) is 1.91. The second kappa shape index (κ2) is 6.32. The second-order valence-corrected chi connectivity index (χ2v) is 4.77. The van der Waals surface area contributed by atoms with E-state index in [4.69, 9.17) is 0 Å². The van der Waals surface area contributed by atoms with Crippen molar-refractivity contribution in [2.24, 2.45) is 0 Å². The number of benzene rings is 1. The van der Waals surface area contributed by atoms with Gasteiger partial charge >= 0.3 is 0 Å². The van der Waals surface area contributed by atoms with E-state index in [0.29, 0.717) is 5.82 Å². The third-order valence-corrected chi connectivity index (χ3v) is 3.22. The smallest absolute Gasteiger partial charge is 0.229 e. The van der Waals surface area contributed by atoms with E-state index in [0.717, 1.165) is 12.0 Å². The lowest BCUT2D eigenvalue weighted by Gasteiger charge is -2.14. The zero-order valence-corrected chi connectivity index (χ0v) is 11.6. The molecule has 0 saturated heterocycles. The highest BCUT2D eigenvalue weighted by atomic mass is 19.1. The van der Waals surface area contributed by atoms with Crippen molar-refractivity contribution < 1.29 is 9.18 Å². The number of nitrogens with one attached hydrogen (secondary N) is 1. The molecule has 0 aliphatic carbocycles. The Morgan fingerprint density at radius 2 is 2.05 bits per heavy atom. The van der Waals surface area contributed by atoms with E-state index in [1.165, 1.54) is 12.1 Å². The Labute approximate surface area is 117 Å². The minimum Gasteiger partial charge on any atom is -0.311 e. The molecule has 0 aliphatic heterocycles. The van der Waals surface area contributed by atoms with Gasteiger partial charge in [-0.1, -0.05) is 19.1 Å². The van der Waals surface area contributed by atoms with Crippen LogP contribution in [0, 0.1) is 5.82 Å². The van der Waals surface area contributed by atoms with E-state index in [-0.39, 0.29) is 24.2 Å². The monoisotopic (exact) mass is 275 g/mol. The van der Waals surface area contributed by atoms with Gasteiger partial charge < -0.3 is 5.32 Å². The maximum atomic E-state index is 12.8. The van der Waals surface area contributed by atoms with Crippen LogP contribution in [0.25, 0.3) is 0 Å². The van der Waals surface area contributed by atoms with Crippen molar-refractivity contribution in [2.45, 2.75) is 32.7 Å². The molecule has 2 aromatic rings. The van der Waals surface area contributed by atoms with Crippen LogP contribution in [0.1, 0.15) is 31.9 Å². The molecule has 4 nitrogen and oxygen atoms in total. The number of nitrogens with zero attached hydrogens (tertiary/aromatic N) is 2. The summed E-state index contributed by atoms with van der Waals surface area (Å²) in [6, 6.07) is 7.93. The van der Waals surface area contributed by atoms with Gasteiger partial charge in [-0.15, -0.1) is 0 Å². The van der Waals surface area contributed by atoms with Crippen molar-refractivity contribution >= 4 is 11.7 Å². The summed E-state index contributed by atoms with van der Waals surface area (Å²) >= 11 is 0. The number of hydrogen-bond donors (Lipinski definition) is 1.